The highest BCUT2D eigenvalue weighted by molar-refractivity contribution is 7.92. The zero-order valence-corrected chi connectivity index (χ0v) is 14.7. The number of nitrogens with zero attached hydrogens (tertiary/aromatic N) is 1. The predicted molar refractivity (Wildman–Crippen MR) is 88.1 cm³/mol. The van der Waals surface area contributed by atoms with Crippen LogP contribution in [-0.4, -0.2) is 40.3 Å². The number of nitrogens with one attached hydrogen (secondary N) is 1. The lowest BCUT2D eigenvalue weighted by molar-refractivity contribution is -0.121. The van der Waals surface area contributed by atoms with Crippen LogP contribution in [0.5, 0.6) is 5.75 Å². The zero-order valence-electron chi connectivity index (χ0n) is 13.1. The molecule has 0 radical (unpaired) electrons. The second-order valence-corrected chi connectivity index (χ2v) is 7.47. The number of carbonyl (C=O) groups excluding carboxylic acids is 1. The van der Waals surface area contributed by atoms with E-state index < -0.39 is 10.0 Å². The predicted octanol–water partition coefficient (Wildman–Crippen LogP) is 2.03. The normalized spacial score (nSPS) is 11.4. The molecule has 0 fully saturated rings. The first-order chi connectivity index (χ1) is 10.1. The number of ether oxygens (including phenoxy) is 1. The summed E-state index contributed by atoms with van der Waals surface area (Å²) in [6, 6.07) is 4.70. The minimum atomic E-state index is -3.58. The fraction of sp³-hybridized carbons (Fsp3) is 0.500. The lowest BCUT2D eigenvalue weighted by atomic mass is 10.2. The topological polar surface area (TPSA) is 75.7 Å². The number of anilines is 1. The van der Waals surface area contributed by atoms with Gasteiger partial charge in [0.15, 0.2) is 0 Å². The molecule has 0 atom stereocenters. The molecule has 1 N–H and O–H groups in total. The molecule has 1 aromatic carbocycles. The molecule has 0 unspecified atom stereocenters. The number of benzene rings is 1. The molecule has 0 aliphatic heterocycles. The standard InChI is InChI=1S/C14H21ClN2O4S/c1-10(2)16-14(18)7-8-17(22(4,19)20)12-9-11(15)5-6-13(12)21-3/h5-6,9-10H,7-8H2,1-4H3,(H,16,18). The Balaban J connectivity index is 3.05. The SMILES string of the molecule is COc1ccc(Cl)cc1N(CCC(=O)NC(C)C)S(C)(=O)=O. The summed E-state index contributed by atoms with van der Waals surface area (Å²) in [5, 5.41) is 3.11. The number of hydrogen-bond donors (Lipinski definition) is 1. The first-order valence-electron chi connectivity index (χ1n) is 6.75. The highest BCUT2D eigenvalue weighted by atomic mass is 35.5. The molecule has 1 aromatic rings. The van der Waals surface area contributed by atoms with E-state index in [1.165, 1.54) is 13.2 Å². The Morgan fingerprint density at radius 3 is 2.55 bits per heavy atom. The zero-order chi connectivity index (χ0) is 16.9. The van der Waals surface area contributed by atoms with Crippen LogP contribution in [0.15, 0.2) is 18.2 Å². The van der Waals surface area contributed by atoms with Gasteiger partial charge in [0.2, 0.25) is 15.9 Å². The molecule has 8 heteroatoms. The molecule has 0 aliphatic carbocycles. The largest absolute Gasteiger partial charge is 0.495 e. The van der Waals surface area contributed by atoms with Crippen LogP contribution in [0.3, 0.4) is 0 Å². The summed E-state index contributed by atoms with van der Waals surface area (Å²) in [6.45, 7) is 3.69. The van der Waals surface area contributed by atoms with Crippen molar-refractivity contribution in [2.75, 3.05) is 24.2 Å². The Morgan fingerprint density at radius 1 is 1.41 bits per heavy atom. The van der Waals surface area contributed by atoms with Crippen molar-refractivity contribution < 1.29 is 17.9 Å². The molecule has 0 aromatic heterocycles. The molecule has 6 nitrogen and oxygen atoms in total. The molecule has 22 heavy (non-hydrogen) atoms. The van der Waals surface area contributed by atoms with Crippen LogP contribution in [0, 0.1) is 0 Å². The molecule has 124 valence electrons. The molecule has 0 bridgehead atoms. The molecule has 0 spiro atoms. The van der Waals surface area contributed by atoms with Gasteiger partial charge < -0.3 is 10.1 Å². The fourth-order valence-electron chi connectivity index (χ4n) is 1.92. The maximum Gasteiger partial charge on any atom is 0.232 e. The van der Waals surface area contributed by atoms with Crippen molar-refractivity contribution >= 4 is 33.2 Å². The summed E-state index contributed by atoms with van der Waals surface area (Å²) in [5.41, 5.74) is 0.315. The van der Waals surface area contributed by atoms with E-state index in [9.17, 15) is 13.2 Å². The number of carbonyl (C=O) groups is 1. The van der Waals surface area contributed by atoms with Gasteiger partial charge in [0.1, 0.15) is 5.75 Å². The Bertz CT molecular complexity index is 632. The van der Waals surface area contributed by atoms with E-state index in [2.05, 4.69) is 5.32 Å². The first-order valence-corrected chi connectivity index (χ1v) is 8.98. The third kappa shape index (κ3) is 5.38. The van der Waals surface area contributed by atoms with E-state index in [1.54, 1.807) is 12.1 Å². The summed E-state index contributed by atoms with van der Waals surface area (Å²) >= 11 is 5.94. The number of rotatable bonds is 7. The Labute approximate surface area is 136 Å². The summed E-state index contributed by atoms with van der Waals surface area (Å²) in [6.07, 6.45) is 1.12. The maximum absolute atomic E-state index is 12.0. The van der Waals surface area contributed by atoms with E-state index in [-0.39, 0.29) is 24.9 Å². The lowest BCUT2D eigenvalue weighted by Gasteiger charge is -2.24. The van der Waals surface area contributed by atoms with Gasteiger partial charge in [-0.25, -0.2) is 8.42 Å². The summed E-state index contributed by atoms with van der Waals surface area (Å²) in [4.78, 5) is 11.7. The third-order valence-corrected chi connectivity index (χ3v) is 4.22. The number of sulfonamides is 1. The highest BCUT2D eigenvalue weighted by Crippen LogP contribution is 2.32. The van der Waals surface area contributed by atoms with E-state index in [1.807, 2.05) is 13.8 Å². The van der Waals surface area contributed by atoms with Gasteiger partial charge >= 0.3 is 0 Å². The van der Waals surface area contributed by atoms with Crippen LogP contribution in [0.25, 0.3) is 0 Å². The molecular formula is C14H21ClN2O4S. The van der Waals surface area contributed by atoms with Gasteiger partial charge in [-0.15, -0.1) is 0 Å². The van der Waals surface area contributed by atoms with Crippen molar-refractivity contribution in [2.24, 2.45) is 0 Å². The molecule has 1 amide bonds. The summed E-state index contributed by atoms with van der Waals surface area (Å²) < 4.78 is 30.4. The van der Waals surface area contributed by atoms with Gasteiger partial charge in [-0.3, -0.25) is 9.10 Å². The van der Waals surface area contributed by atoms with Crippen molar-refractivity contribution in [3.8, 4) is 5.75 Å². The fourth-order valence-corrected chi connectivity index (χ4v) is 3.01. The number of halogens is 1. The molecule has 1 rings (SSSR count). The van der Waals surface area contributed by atoms with Crippen molar-refractivity contribution in [2.45, 2.75) is 26.3 Å². The van der Waals surface area contributed by atoms with Gasteiger partial charge in [-0.05, 0) is 32.0 Å². The summed E-state index contributed by atoms with van der Waals surface area (Å²) in [7, 11) is -2.13. The van der Waals surface area contributed by atoms with Gasteiger partial charge in [0.05, 0.1) is 19.1 Å². The van der Waals surface area contributed by atoms with Gasteiger partial charge in [0, 0.05) is 24.0 Å². The third-order valence-electron chi connectivity index (χ3n) is 2.80. The number of methoxy groups -OCH3 is 1. The Morgan fingerprint density at radius 2 is 2.05 bits per heavy atom. The molecular weight excluding hydrogens is 328 g/mol. The molecule has 0 saturated carbocycles. The maximum atomic E-state index is 12.0. The first kappa shape index (κ1) is 18.6. The van der Waals surface area contributed by atoms with E-state index in [0.717, 1.165) is 10.6 Å². The van der Waals surface area contributed by atoms with Crippen molar-refractivity contribution in [1.29, 1.82) is 0 Å². The highest BCUT2D eigenvalue weighted by Gasteiger charge is 2.22. The van der Waals surface area contributed by atoms with E-state index in [4.69, 9.17) is 16.3 Å². The summed E-state index contributed by atoms with van der Waals surface area (Å²) in [5.74, 6) is 0.156. The lowest BCUT2D eigenvalue weighted by Crippen LogP contribution is -2.36. The average Bonchev–Trinajstić information content (AvgIpc) is 2.36. The number of hydrogen-bond acceptors (Lipinski definition) is 4. The Kier molecular flexibility index (Phi) is 6.49. The molecule has 0 heterocycles. The van der Waals surface area contributed by atoms with Crippen LogP contribution in [0.4, 0.5) is 5.69 Å². The van der Waals surface area contributed by atoms with Crippen LogP contribution in [-0.2, 0) is 14.8 Å². The van der Waals surface area contributed by atoms with E-state index in [0.29, 0.717) is 16.5 Å². The quantitative estimate of drug-likeness (QED) is 0.818. The van der Waals surface area contributed by atoms with Crippen LogP contribution >= 0.6 is 11.6 Å². The second kappa shape index (κ2) is 7.69. The monoisotopic (exact) mass is 348 g/mol. The van der Waals surface area contributed by atoms with Crippen LogP contribution in [0.1, 0.15) is 20.3 Å². The van der Waals surface area contributed by atoms with Crippen molar-refractivity contribution in [3.05, 3.63) is 23.2 Å². The van der Waals surface area contributed by atoms with Gasteiger partial charge in [-0.1, -0.05) is 11.6 Å². The minimum absolute atomic E-state index is 0.000102. The van der Waals surface area contributed by atoms with Gasteiger partial charge in [-0.2, -0.15) is 0 Å². The van der Waals surface area contributed by atoms with Crippen LogP contribution < -0.4 is 14.4 Å². The van der Waals surface area contributed by atoms with Crippen molar-refractivity contribution in [3.63, 3.8) is 0 Å². The average molecular weight is 349 g/mol. The molecule has 0 aliphatic rings. The Hall–Kier alpha value is -1.47. The molecule has 0 saturated heterocycles. The second-order valence-electron chi connectivity index (χ2n) is 5.12. The van der Waals surface area contributed by atoms with Crippen molar-refractivity contribution in [1.82, 2.24) is 5.32 Å². The van der Waals surface area contributed by atoms with Gasteiger partial charge in [0.25, 0.3) is 0 Å². The number of amides is 1. The minimum Gasteiger partial charge on any atom is -0.495 e. The van der Waals surface area contributed by atoms with Crippen LogP contribution in [0.2, 0.25) is 5.02 Å². The van der Waals surface area contributed by atoms with E-state index >= 15 is 0 Å². The smallest absolute Gasteiger partial charge is 0.232 e.